The van der Waals surface area contributed by atoms with E-state index in [1.165, 1.54) is 10.3 Å². The van der Waals surface area contributed by atoms with Gasteiger partial charge in [0, 0.05) is 21.8 Å². The number of aromatic amines is 1. The van der Waals surface area contributed by atoms with Crippen LogP contribution in [0, 0.1) is 0 Å². The fraction of sp³-hybridized carbons (Fsp3) is 0.250. The standard InChI is InChI=1S/C16H17ClN2S2/c1-2-11(18)16(13-7-8-14(17)20-13)21-15-9-10-5-3-4-6-12(10)19-15/h3-9,11,16,19H,2,18H2,1H3. The number of benzene rings is 1. The molecular formula is C16H17ClN2S2. The molecule has 2 nitrogen and oxygen atoms in total. The molecule has 0 radical (unpaired) electrons. The summed E-state index contributed by atoms with van der Waals surface area (Å²) in [7, 11) is 0. The summed E-state index contributed by atoms with van der Waals surface area (Å²) in [6.45, 7) is 2.12. The smallest absolute Gasteiger partial charge is 0.0931 e. The molecule has 0 spiro atoms. The molecule has 5 heteroatoms. The Hall–Kier alpha value is -0.940. The number of thiophene rings is 1. The molecule has 0 saturated heterocycles. The van der Waals surface area contributed by atoms with E-state index in [0.29, 0.717) is 0 Å². The topological polar surface area (TPSA) is 41.8 Å². The molecule has 21 heavy (non-hydrogen) atoms. The summed E-state index contributed by atoms with van der Waals surface area (Å²) in [6, 6.07) is 14.6. The Bertz CT molecular complexity index is 702. The van der Waals surface area contributed by atoms with Crippen molar-refractivity contribution in [3.05, 3.63) is 51.7 Å². The van der Waals surface area contributed by atoms with E-state index in [9.17, 15) is 0 Å². The number of aromatic nitrogens is 1. The van der Waals surface area contributed by atoms with Gasteiger partial charge in [-0.1, -0.05) is 48.5 Å². The van der Waals surface area contributed by atoms with Gasteiger partial charge < -0.3 is 10.7 Å². The summed E-state index contributed by atoms with van der Waals surface area (Å²) in [4.78, 5) is 4.69. The van der Waals surface area contributed by atoms with Crippen molar-refractivity contribution in [2.75, 3.05) is 0 Å². The van der Waals surface area contributed by atoms with E-state index in [1.54, 1.807) is 23.1 Å². The first-order valence-corrected chi connectivity index (χ1v) is 9.00. The largest absolute Gasteiger partial charge is 0.350 e. The maximum atomic E-state index is 6.33. The summed E-state index contributed by atoms with van der Waals surface area (Å²) in [5, 5.41) is 2.60. The van der Waals surface area contributed by atoms with E-state index in [4.69, 9.17) is 17.3 Å². The minimum Gasteiger partial charge on any atom is -0.350 e. The first-order valence-electron chi connectivity index (χ1n) is 6.92. The van der Waals surface area contributed by atoms with Crippen molar-refractivity contribution in [2.45, 2.75) is 29.7 Å². The lowest BCUT2D eigenvalue weighted by Crippen LogP contribution is -2.25. The first kappa shape index (κ1) is 15.0. The zero-order valence-electron chi connectivity index (χ0n) is 11.7. The van der Waals surface area contributed by atoms with Crippen molar-refractivity contribution >= 4 is 45.6 Å². The Morgan fingerprint density at radius 3 is 2.76 bits per heavy atom. The summed E-state index contributed by atoms with van der Waals surface area (Å²) in [5.74, 6) is 0. The second kappa shape index (κ2) is 6.44. The minimum atomic E-state index is 0.108. The Morgan fingerprint density at radius 2 is 2.10 bits per heavy atom. The van der Waals surface area contributed by atoms with Crippen LogP contribution in [0.5, 0.6) is 0 Å². The van der Waals surface area contributed by atoms with Crippen LogP contribution in [0.25, 0.3) is 10.9 Å². The highest BCUT2D eigenvalue weighted by molar-refractivity contribution is 7.99. The van der Waals surface area contributed by atoms with E-state index in [0.717, 1.165) is 21.3 Å². The van der Waals surface area contributed by atoms with Crippen LogP contribution in [0.3, 0.4) is 0 Å². The van der Waals surface area contributed by atoms with Gasteiger partial charge in [0.2, 0.25) is 0 Å². The molecule has 3 aromatic rings. The molecule has 0 bridgehead atoms. The number of H-pyrrole nitrogens is 1. The zero-order chi connectivity index (χ0) is 14.8. The van der Waals surface area contributed by atoms with Gasteiger partial charge in [0.05, 0.1) is 14.6 Å². The highest BCUT2D eigenvalue weighted by Gasteiger charge is 2.22. The number of thioether (sulfide) groups is 1. The molecule has 3 N–H and O–H groups in total. The third kappa shape index (κ3) is 3.29. The molecule has 110 valence electrons. The lowest BCUT2D eigenvalue weighted by molar-refractivity contribution is 0.639. The molecule has 0 fully saturated rings. The van der Waals surface area contributed by atoms with E-state index >= 15 is 0 Å². The lowest BCUT2D eigenvalue weighted by atomic mass is 10.1. The summed E-state index contributed by atoms with van der Waals surface area (Å²) in [6.07, 6.45) is 0.938. The second-order valence-electron chi connectivity index (χ2n) is 4.97. The van der Waals surface area contributed by atoms with Crippen molar-refractivity contribution < 1.29 is 0 Å². The molecule has 0 aliphatic heterocycles. The van der Waals surface area contributed by atoms with Crippen LogP contribution < -0.4 is 5.73 Å². The molecule has 0 saturated carbocycles. The molecule has 2 aromatic heterocycles. The van der Waals surface area contributed by atoms with Crippen molar-refractivity contribution in [2.24, 2.45) is 5.73 Å². The molecule has 0 amide bonds. The van der Waals surface area contributed by atoms with Gasteiger partial charge in [-0.2, -0.15) is 0 Å². The van der Waals surface area contributed by atoms with E-state index in [2.05, 4.69) is 42.2 Å². The van der Waals surface area contributed by atoms with Crippen LogP contribution in [0.4, 0.5) is 0 Å². The maximum Gasteiger partial charge on any atom is 0.0931 e. The summed E-state index contributed by atoms with van der Waals surface area (Å²) >= 11 is 9.48. The van der Waals surface area contributed by atoms with Crippen molar-refractivity contribution in [3.8, 4) is 0 Å². The predicted molar refractivity (Wildman–Crippen MR) is 94.5 cm³/mol. The number of fused-ring (bicyclic) bond motifs is 1. The fourth-order valence-corrected chi connectivity index (χ4v) is 4.91. The number of rotatable bonds is 5. The van der Waals surface area contributed by atoms with Crippen LogP contribution in [0.1, 0.15) is 23.5 Å². The predicted octanol–water partition coefficient (Wildman–Crippen LogP) is 5.45. The third-order valence-electron chi connectivity index (χ3n) is 3.49. The van der Waals surface area contributed by atoms with Gasteiger partial charge in [-0.15, -0.1) is 11.3 Å². The second-order valence-corrected chi connectivity index (χ2v) is 7.90. The van der Waals surface area contributed by atoms with E-state index in [-0.39, 0.29) is 11.3 Å². The normalized spacial score (nSPS) is 14.4. The Kier molecular flexibility index (Phi) is 4.60. The maximum absolute atomic E-state index is 6.33. The van der Waals surface area contributed by atoms with E-state index in [1.807, 2.05) is 12.1 Å². The average molecular weight is 337 g/mol. The van der Waals surface area contributed by atoms with Crippen LogP contribution >= 0.6 is 34.7 Å². The van der Waals surface area contributed by atoms with Crippen LogP contribution in [0.2, 0.25) is 4.34 Å². The van der Waals surface area contributed by atoms with Gasteiger partial charge in [0.15, 0.2) is 0 Å². The van der Waals surface area contributed by atoms with Crippen LogP contribution in [0.15, 0.2) is 47.5 Å². The fourth-order valence-electron chi connectivity index (χ4n) is 2.30. The van der Waals surface area contributed by atoms with Crippen LogP contribution in [-0.2, 0) is 0 Å². The van der Waals surface area contributed by atoms with E-state index < -0.39 is 0 Å². The van der Waals surface area contributed by atoms with Gasteiger partial charge in [-0.25, -0.2) is 0 Å². The van der Waals surface area contributed by atoms with Gasteiger partial charge in [-0.05, 0) is 30.7 Å². The van der Waals surface area contributed by atoms with Gasteiger partial charge in [0.1, 0.15) is 0 Å². The summed E-state index contributed by atoms with van der Waals surface area (Å²) in [5.41, 5.74) is 7.49. The Morgan fingerprint density at radius 1 is 1.29 bits per heavy atom. The Labute approximate surface area is 137 Å². The molecule has 2 atom stereocenters. The van der Waals surface area contributed by atoms with Gasteiger partial charge in [-0.3, -0.25) is 0 Å². The van der Waals surface area contributed by atoms with Gasteiger partial charge >= 0.3 is 0 Å². The monoisotopic (exact) mass is 336 g/mol. The van der Waals surface area contributed by atoms with Crippen LogP contribution in [-0.4, -0.2) is 11.0 Å². The number of hydrogen-bond acceptors (Lipinski definition) is 3. The van der Waals surface area contributed by atoms with Crippen molar-refractivity contribution in [1.29, 1.82) is 0 Å². The molecule has 1 aromatic carbocycles. The number of halogens is 1. The molecule has 0 aliphatic carbocycles. The SMILES string of the molecule is CCC(N)C(Sc1cc2ccccc2[nH]1)c1ccc(Cl)s1. The van der Waals surface area contributed by atoms with Gasteiger partial charge in [0.25, 0.3) is 0 Å². The lowest BCUT2D eigenvalue weighted by Gasteiger charge is -2.20. The summed E-state index contributed by atoms with van der Waals surface area (Å²) < 4.78 is 0.815. The average Bonchev–Trinajstić information content (AvgIpc) is 3.09. The molecule has 3 rings (SSSR count). The number of nitrogens with two attached hydrogens (primary N) is 1. The first-order chi connectivity index (χ1) is 10.2. The molecule has 2 heterocycles. The third-order valence-corrected chi connectivity index (χ3v) is 6.29. The van der Waals surface area contributed by atoms with Crippen molar-refractivity contribution in [1.82, 2.24) is 4.98 Å². The highest BCUT2D eigenvalue weighted by Crippen LogP contribution is 2.42. The number of nitrogens with one attached hydrogen (secondary N) is 1. The zero-order valence-corrected chi connectivity index (χ0v) is 14.1. The minimum absolute atomic E-state index is 0.108. The molecular weight excluding hydrogens is 320 g/mol. The molecule has 2 unspecified atom stereocenters. The number of hydrogen-bond donors (Lipinski definition) is 2. The number of para-hydroxylation sites is 1. The highest BCUT2D eigenvalue weighted by atomic mass is 35.5. The quantitative estimate of drug-likeness (QED) is 0.608. The Balaban J connectivity index is 1.90. The van der Waals surface area contributed by atoms with Crippen molar-refractivity contribution in [3.63, 3.8) is 0 Å². The molecule has 0 aliphatic rings.